The van der Waals surface area contributed by atoms with E-state index in [9.17, 15) is 44.3 Å². The first kappa shape index (κ1) is 29.3. The molecule has 6 nitrogen and oxygen atoms in total. The molecule has 0 saturated heterocycles. The Morgan fingerprint density at radius 3 is 1.20 bits per heavy atom. The van der Waals surface area contributed by atoms with Crippen LogP contribution in [0.1, 0.15) is 31.8 Å². The van der Waals surface area contributed by atoms with Crippen molar-refractivity contribution in [1.29, 1.82) is 0 Å². The number of carbonyl (C=O) groups excluding carboxylic acids is 2. The molecule has 0 aliphatic rings. The summed E-state index contributed by atoms with van der Waals surface area (Å²) >= 11 is 0. The molecule has 0 spiro atoms. The van der Waals surface area contributed by atoms with E-state index in [2.05, 4.69) is 10.6 Å². The van der Waals surface area contributed by atoms with Gasteiger partial charge in [0.2, 0.25) is 9.84 Å². The van der Waals surface area contributed by atoms with E-state index in [1.54, 1.807) is 0 Å². The molecule has 4 aromatic rings. The minimum atomic E-state index is -4.63. The summed E-state index contributed by atoms with van der Waals surface area (Å²) in [5.41, 5.74) is -2.19. The zero-order chi connectivity index (χ0) is 30.0. The number of halogens is 6. The van der Waals surface area contributed by atoms with E-state index < -0.39 is 45.1 Å². The molecular weight excluding hydrogens is 574 g/mol. The highest BCUT2D eigenvalue weighted by Gasteiger charge is 2.32. The van der Waals surface area contributed by atoms with Gasteiger partial charge in [-0.15, -0.1) is 0 Å². The molecule has 0 radical (unpaired) electrons. The summed E-state index contributed by atoms with van der Waals surface area (Å²) in [4.78, 5) is 24.4. The topological polar surface area (TPSA) is 92.3 Å². The predicted molar refractivity (Wildman–Crippen MR) is 137 cm³/mol. The Balaban J connectivity index is 1.44. The molecule has 0 unspecified atom stereocenters. The van der Waals surface area contributed by atoms with Gasteiger partial charge in [0.1, 0.15) is 0 Å². The summed E-state index contributed by atoms with van der Waals surface area (Å²) in [5, 5.41) is 4.80. The number of sulfone groups is 1. The van der Waals surface area contributed by atoms with Crippen LogP contribution in [0.3, 0.4) is 0 Å². The number of benzene rings is 4. The molecule has 0 aliphatic heterocycles. The Kier molecular flexibility index (Phi) is 7.93. The third kappa shape index (κ3) is 6.92. The second-order valence-electron chi connectivity index (χ2n) is 8.62. The van der Waals surface area contributed by atoms with E-state index in [-0.39, 0.29) is 32.3 Å². The molecule has 2 N–H and O–H groups in total. The minimum absolute atomic E-state index is 0.138. The van der Waals surface area contributed by atoms with Crippen LogP contribution in [0.25, 0.3) is 0 Å². The van der Waals surface area contributed by atoms with Crippen LogP contribution in [0.4, 0.5) is 37.7 Å². The summed E-state index contributed by atoms with van der Waals surface area (Å²) in [6, 6.07) is 17.5. The fourth-order valence-electron chi connectivity index (χ4n) is 3.65. The first-order valence-electron chi connectivity index (χ1n) is 11.6. The van der Waals surface area contributed by atoms with E-state index in [0.29, 0.717) is 12.1 Å². The SMILES string of the molecule is O=C(Nc1ccc(S(=O)(=O)c2ccc(NC(=O)c3cccc(C(F)(F)F)c3)cc2)cc1)c1cccc(C(F)(F)F)c1. The van der Waals surface area contributed by atoms with Gasteiger partial charge in [-0.3, -0.25) is 9.59 Å². The number of anilines is 2. The van der Waals surface area contributed by atoms with Crippen LogP contribution < -0.4 is 10.6 Å². The smallest absolute Gasteiger partial charge is 0.322 e. The predicted octanol–water partition coefficient (Wildman–Crippen LogP) is 7.06. The van der Waals surface area contributed by atoms with Crippen LogP contribution in [-0.2, 0) is 22.2 Å². The fourth-order valence-corrected chi connectivity index (χ4v) is 4.91. The van der Waals surface area contributed by atoms with Gasteiger partial charge in [0.15, 0.2) is 0 Å². The molecule has 4 rings (SSSR count). The maximum atomic E-state index is 13.0. The number of nitrogens with one attached hydrogen (secondary N) is 2. The van der Waals surface area contributed by atoms with Crippen molar-refractivity contribution in [2.24, 2.45) is 0 Å². The van der Waals surface area contributed by atoms with E-state index in [1.165, 1.54) is 60.7 Å². The Labute approximate surface area is 229 Å². The number of hydrogen-bond donors (Lipinski definition) is 2. The van der Waals surface area contributed by atoms with Crippen molar-refractivity contribution in [3.8, 4) is 0 Å². The molecule has 13 heteroatoms. The molecule has 0 bridgehead atoms. The quantitative estimate of drug-likeness (QED) is 0.235. The second kappa shape index (κ2) is 11.1. The first-order valence-corrected chi connectivity index (χ1v) is 13.1. The molecule has 0 aliphatic carbocycles. The summed E-state index contributed by atoms with van der Waals surface area (Å²) in [5.74, 6) is -1.65. The van der Waals surface area contributed by atoms with Crippen LogP contribution in [0.15, 0.2) is 107 Å². The summed E-state index contributed by atoms with van der Waals surface area (Å²) in [6.45, 7) is 0. The van der Waals surface area contributed by atoms with Crippen LogP contribution in [0, 0.1) is 0 Å². The van der Waals surface area contributed by atoms with Gasteiger partial charge in [-0.05, 0) is 84.9 Å². The van der Waals surface area contributed by atoms with E-state index in [1.807, 2.05) is 0 Å². The molecular formula is C28H18F6N2O4S. The van der Waals surface area contributed by atoms with Crippen molar-refractivity contribution in [3.63, 3.8) is 0 Å². The summed E-state index contributed by atoms with van der Waals surface area (Å²) in [6.07, 6.45) is -9.25. The molecule has 0 heterocycles. The average molecular weight is 593 g/mol. The zero-order valence-corrected chi connectivity index (χ0v) is 21.4. The lowest BCUT2D eigenvalue weighted by molar-refractivity contribution is -0.138. The lowest BCUT2D eigenvalue weighted by Crippen LogP contribution is -2.14. The standard InChI is InChI=1S/C28H18F6N2O4S/c29-27(30,31)19-5-1-3-17(15-19)25(37)35-21-7-11-23(12-8-21)41(39,40)24-13-9-22(10-14-24)36-26(38)18-4-2-6-20(16-18)28(32,33)34/h1-16H,(H,35,37)(H,36,38). The summed E-state index contributed by atoms with van der Waals surface area (Å²) < 4.78 is 103. The average Bonchev–Trinajstić information content (AvgIpc) is 2.93. The number of rotatable bonds is 6. The Hall–Kier alpha value is -4.65. The molecule has 0 aromatic heterocycles. The highest BCUT2D eigenvalue weighted by molar-refractivity contribution is 7.91. The van der Waals surface area contributed by atoms with Gasteiger partial charge >= 0.3 is 12.4 Å². The highest BCUT2D eigenvalue weighted by atomic mass is 32.2. The molecule has 0 atom stereocenters. The second-order valence-corrected chi connectivity index (χ2v) is 10.6. The van der Waals surface area contributed by atoms with Gasteiger partial charge in [-0.25, -0.2) is 8.42 Å². The zero-order valence-electron chi connectivity index (χ0n) is 20.5. The van der Waals surface area contributed by atoms with Gasteiger partial charge in [0, 0.05) is 22.5 Å². The number of alkyl halides is 6. The fraction of sp³-hybridized carbons (Fsp3) is 0.0714. The monoisotopic (exact) mass is 592 g/mol. The molecule has 0 saturated carbocycles. The van der Waals surface area contributed by atoms with Gasteiger partial charge < -0.3 is 10.6 Å². The molecule has 4 aromatic carbocycles. The van der Waals surface area contributed by atoms with Crippen LogP contribution in [0.2, 0.25) is 0 Å². The number of carbonyl (C=O) groups is 2. The maximum absolute atomic E-state index is 13.0. The Morgan fingerprint density at radius 1 is 0.537 bits per heavy atom. The maximum Gasteiger partial charge on any atom is 0.416 e. The van der Waals surface area contributed by atoms with Gasteiger partial charge in [-0.1, -0.05) is 12.1 Å². The van der Waals surface area contributed by atoms with Crippen LogP contribution in [0.5, 0.6) is 0 Å². The van der Waals surface area contributed by atoms with Gasteiger partial charge in [0.05, 0.1) is 20.9 Å². The molecule has 2 amide bonds. The van der Waals surface area contributed by atoms with Crippen molar-refractivity contribution >= 4 is 33.0 Å². The largest absolute Gasteiger partial charge is 0.416 e. The van der Waals surface area contributed by atoms with Crippen LogP contribution >= 0.6 is 0 Å². The number of hydrogen-bond acceptors (Lipinski definition) is 4. The van der Waals surface area contributed by atoms with Crippen molar-refractivity contribution in [3.05, 3.63) is 119 Å². The normalized spacial score (nSPS) is 12.0. The van der Waals surface area contributed by atoms with Crippen molar-refractivity contribution < 1.29 is 44.3 Å². The number of amides is 2. The van der Waals surface area contributed by atoms with E-state index in [0.717, 1.165) is 24.3 Å². The highest BCUT2D eigenvalue weighted by Crippen LogP contribution is 2.31. The Morgan fingerprint density at radius 2 is 0.878 bits per heavy atom. The van der Waals surface area contributed by atoms with Crippen molar-refractivity contribution in [2.75, 3.05) is 10.6 Å². The Bertz CT molecular complexity index is 1580. The van der Waals surface area contributed by atoms with Gasteiger partial charge in [-0.2, -0.15) is 26.3 Å². The van der Waals surface area contributed by atoms with E-state index >= 15 is 0 Å². The molecule has 41 heavy (non-hydrogen) atoms. The third-order valence-electron chi connectivity index (χ3n) is 5.75. The minimum Gasteiger partial charge on any atom is -0.322 e. The van der Waals surface area contributed by atoms with Crippen LogP contribution in [-0.4, -0.2) is 20.2 Å². The molecule has 212 valence electrons. The van der Waals surface area contributed by atoms with Gasteiger partial charge in [0.25, 0.3) is 11.8 Å². The van der Waals surface area contributed by atoms with Crippen molar-refractivity contribution in [2.45, 2.75) is 22.1 Å². The van der Waals surface area contributed by atoms with E-state index in [4.69, 9.17) is 0 Å². The third-order valence-corrected chi connectivity index (χ3v) is 7.53. The lowest BCUT2D eigenvalue weighted by atomic mass is 10.1. The summed E-state index contributed by atoms with van der Waals surface area (Å²) in [7, 11) is -4.05. The molecule has 0 fully saturated rings. The van der Waals surface area contributed by atoms with Crippen molar-refractivity contribution in [1.82, 2.24) is 0 Å². The first-order chi connectivity index (χ1) is 19.1. The lowest BCUT2D eigenvalue weighted by Gasteiger charge is -2.11.